The molecule has 0 radical (unpaired) electrons. The number of hydrogen-bond donors (Lipinski definition) is 3. The van der Waals surface area contributed by atoms with Gasteiger partial charge < -0.3 is 9.55 Å². The van der Waals surface area contributed by atoms with Crippen LogP contribution in [0, 0.1) is 0 Å². The minimum Gasteiger partial charge on any atom is -0.361 e. The van der Waals surface area contributed by atoms with Crippen LogP contribution >= 0.6 is 0 Å². The van der Waals surface area contributed by atoms with Gasteiger partial charge in [-0.2, -0.15) is 0 Å². The predicted octanol–water partition coefficient (Wildman–Crippen LogP) is 3.35. The van der Waals surface area contributed by atoms with Crippen molar-refractivity contribution in [2.45, 2.75) is 12.8 Å². The first-order valence-electron chi connectivity index (χ1n) is 9.09. The highest BCUT2D eigenvalue weighted by Crippen LogP contribution is 2.19. The third kappa shape index (κ3) is 3.66. The molecule has 4 aromatic rings. The molecule has 0 aliphatic heterocycles. The first kappa shape index (κ1) is 17.6. The smallest absolute Gasteiger partial charge is 0.271 e. The Balaban J connectivity index is 1.36. The van der Waals surface area contributed by atoms with E-state index in [1.54, 1.807) is 12.1 Å². The molecule has 6 nitrogen and oxygen atoms in total. The van der Waals surface area contributed by atoms with Crippen molar-refractivity contribution >= 4 is 22.7 Å². The van der Waals surface area contributed by atoms with E-state index < -0.39 is 0 Å². The van der Waals surface area contributed by atoms with E-state index in [0.717, 1.165) is 22.2 Å². The minimum absolute atomic E-state index is 0.239. The van der Waals surface area contributed by atoms with Crippen LogP contribution in [-0.4, -0.2) is 21.4 Å². The van der Waals surface area contributed by atoms with E-state index in [2.05, 4.69) is 15.8 Å². The third-order valence-electron chi connectivity index (χ3n) is 4.64. The van der Waals surface area contributed by atoms with E-state index in [0.29, 0.717) is 12.0 Å². The fourth-order valence-electron chi connectivity index (χ4n) is 3.23. The normalized spacial score (nSPS) is 10.7. The highest BCUT2D eigenvalue weighted by atomic mass is 16.2. The Morgan fingerprint density at radius 1 is 0.893 bits per heavy atom. The largest absolute Gasteiger partial charge is 0.361 e. The van der Waals surface area contributed by atoms with Crippen molar-refractivity contribution in [1.29, 1.82) is 0 Å². The number of benzene rings is 2. The lowest BCUT2D eigenvalue weighted by molar-refractivity contribution is -0.121. The third-order valence-corrected chi connectivity index (χ3v) is 4.64. The molecule has 0 bridgehead atoms. The van der Waals surface area contributed by atoms with Crippen molar-refractivity contribution in [1.82, 2.24) is 20.4 Å². The molecule has 2 aromatic carbocycles. The van der Waals surface area contributed by atoms with Crippen LogP contribution < -0.4 is 10.9 Å². The number of H-pyrrole nitrogens is 1. The zero-order chi connectivity index (χ0) is 19.3. The molecule has 140 valence electrons. The number of nitrogens with zero attached hydrogens (tertiary/aromatic N) is 1. The maximum absolute atomic E-state index is 12.5. The maximum Gasteiger partial charge on any atom is 0.271 e. The summed E-state index contributed by atoms with van der Waals surface area (Å²) in [7, 11) is 0. The lowest BCUT2D eigenvalue weighted by atomic mass is 10.1. The molecule has 0 spiro atoms. The molecule has 0 aliphatic rings. The second-order valence-electron chi connectivity index (χ2n) is 6.47. The van der Waals surface area contributed by atoms with Gasteiger partial charge in [0.25, 0.3) is 5.91 Å². The number of aryl methyl sites for hydroxylation is 1. The number of aromatic amines is 1. The molecule has 2 heterocycles. The maximum atomic E-state index is 12.5. The number of fused-ring (bicyclic) bond motifs is 1. The van der Waals surface area contributed by atoms with Gasteiger partial charge in [0, 0.05) is 35.9 Å². The molecular weight excluding hydrogens is 352 g/mol. The molecule has 0 saturated carbocycles. The summed E-state index contributed by atoms with van der Waals surface area (Å²) in [5, 5.41) is 1.11. The molecule has 6 heteroatoms. The van der Waals surface area contributed by atoms with Gasteiger partial charge in [-0.1, -0.05) is 30.3 Å². The summed E-state index contributed by atoms with van der Waals surface area (Å²) in [4.78, 5) is 27.9. The topological polar surface area (TPSA) is 78.9 Å². The molecule has 0 atom stereocenters. The molecule has 0 aliphatic carbocycles. The van der Waals surface area contributed by atoms with Crippen molar-refractivity contribution in [3.63, 3.8) is 0 Å². The SMILES string of the molecule is O=C(CCc1c[nH]c2ccccc12)NNC(=O)c1ccccc1-n1cccc1. The quantitative estimate of drug-likeness (QED) is 0.470. The molecule has 28 heavy (non-hydrogen) atoms. The van der Waals surface area contributed by atoms with E-state index >= 15 is 0 Å². The molecule has 0 unspecified atom stereocenters. The highest BCUT2D eigenvalue weighted by molar-refractivity contribution is 5.98. The molecule has 3 N–H and O–H groups in total. The number of amides is 2. The van der Waals surface area contributed by atoms with Gasteiger partial charge in [-0.05, 0) is 42.3 Å². The lowest BCUT2D eigenvalue weighted by Gasteiger charge is -2.11. The Morgan fingerprint density at radius 2 is 1.64 bits per heavy atom. The van der Waals surface area contributed by atoms with Gasteiger partial charge in [-0.25, -0.2) is 0 Å². The summed E-state index contributed by atoms with van der Waals surface area (Å²) < 4.78 is 1.85. The van der Waals surface area contributed by atoms with Crippen LogP contribution in [0.2, 0.25) is 0 Å². The lowest BCUT2D eigenvalue weighted by Crippen LogP contribution is -2.42. The van der Waals surface area contributed by atoms with Crippen LogP contribution in [-0.2, 0) is 11.2 Å². The molecular formula is C22H20N4O2. The summed E-state index contributed by atoms with van der Waals surface area (Å²) in [6.45, 7) is 0. The summed E-state index contributed by atoms with van der Waals surface area (Å²) in [5.74, 6) is -0.596. The number of nitrogens with one attached hydrogen (secondary N) is 3. The number of hydrogen-bond acceptors (Lipinski definition) is 2. The zero-order valence-corrected chi connectivity index (χ0v) is 15.2. The van der Waals surface area contributed by atoms with Gasteiger partial charge in [-0.3, -0.25) is 20.4 Å². The van der Waals surface area contributed by atoms with E-state index in [4.69, 9.17) is 0 Å². The van der Waals surface area contributed by atoms with E-state index in [-0.39, 0.29) is 18.2 Å². The van der Waals surface area contributed by atoms with Gasteiger partial charge in [0.2, 0.25) is 5.91 Å². The van der Waals surface area contributed by atoms with Gasteiger partial charge in [-0.15, -0.1) is 0 Å². The van der Waals surface area contributed by atoms with Crippen LogP contribution in [0.4, 0.5) is 0 Å². The van der Waals surface area contributed by atoms with E-state index in [1.165, 1.54) is 0 Å². The minimum atomic E-state index is -0.357. The first-order chi connectivity index (χ1) is 13.7. The van der Waals surface area contributed by atoms with Crippen LogP contribution in [0.5, 0.6) is 0 Å². The Bertz CT molecular complexity index is 1110. The number of rotatable bonds is 5. The average Bonchev–Trinajstić information content (AvgIpc) is 3.40. The number of carbonyl (C=O) groups excluding carboxylic acids is 2. The van der Waals surface area contributed by atoms with E-state index in [9.17, 15) is 9.59 Å². The van der Waals surface area contributed by atoms with Crippen LogP contribution in [0.3, 0.4) is 0 Å². The van der Waals surface area contributed by atoms with Gasteiger partial charge >= 0.3 is 0 Å². The zero-order valence-electron chi connectivity index (χ0n) is 15.2. The van der Waals surface area contributed by atoms with Gasteiger partial charge in [0.1, 0.15) is 0 Å². The fraction of sp³-hybridized carbons (Fsp3) is 0.0909. The average molecular weight is 372 g/mol. The predicted molar refractivity (Wildman–Crippen MR) is 108 cm³/mol. The van der Waals surface area contributed by atoms with Crippen LogP contribution in [0.15, 0.2) is 79.3 Å². The van der Waals surface area contributed by atoms with Crippen LogP contribution in [0.25, 0.3) is 16.6 Å². The molecule has 0 fully saturated rings. The highest BCUT2D eigenvalue weighted by Gasteiger charge is 2.13. The first-order valence-corrected chi connectivity index (χ1v) is 9.09. The van der Waals surface area contributed by atoms with Crippen molar-refractivity contribution in [3.05, 3.63) is 90.4 Å². The molecule has 2 amide bonds. The Labute approximate surface area is 162 Å². The number of aromatic nitrogens is 2. The summed E-state index contributed by atoms with van der Waals surface area (Å²) in [5.41, 5.74) is 8.37. The Morgan fingerprint density at radius 3 is 2.50 bits per heavy atom. The number of para-hydroxylation sites is 2. The molecule has 2 aromatic heterocycles. The van der Waals surface area contributed by atoms with E-state index in [1.807, 2.05) is 71.7 Å². The second kappa shape index (κ2) is 7.84. The Kier molecular flexibility index (Phi) is 4.93. The van der Waals surface area contributed by atoms with Crippen LogP contribution in [0.1, 0.15) is 22.3 Å². The molecule has 0 saturated heterocycles. The van der Waals surface area contributed by atoms with Crippen molar-refractivity contribution in [2.75, 3.05) is 0 Å². The summed E-state index contributed by atoms with van der Waals surface area (Å²) in [6, 6.07) is 19.0. The van der Waals surface area contributed by atoms with Crippen molar-refractivity contribution in [3.8, 4) is 5.69 Å². The van der Waals surface area contributed by atoms with Gasteiger partial charge in [0.05, 0.1) is 11.3 Å². The second-order valence-corrected chi connectivity index (χ2v) is 6.47. The number of carbonyl (C=O) groups is 2. The van der Waals surface area contributed by atoms with Crippen molar-refractivity contribution in [2.24, 2.45) is 0 Å². The summed E-state index contributed by atoms with van der Waals surface area (Å²) >= 11 is 0. The fourth-order valence-corrected chi connectivity index (χ4v) is 3.23. The monoisotopic (exact) mass is 372 g/mol. The Hall–Kier alpha value is -3.80. The standard InChI is InChI=1S/C22H20N4O2/c27-21(12-11-16-15-23-19-9-3-1-7-17(16)19)24-25-22(28)18-8-2-4-10-20(18)26-13-5-6-14-26/h1-10,13-15,23H,11-12H2,(H,24,27)(H,25,28). The molecule has 4 rings (SSSR count). The van der Waals surface area contributed by atoms with Gasteiger partial charge in [0.15, 0.2) is 0 Å². The van der Waals surface area contributed by atoms with Crippen molar-refractivity contribution < 1.29 is 9.59 Å². The summed E-state index contributed by atoms with van der Waals surface area (Å²) in [6.07, 6.45) is 6.52. The number of hydrazine groups is 1.